The number of hydrogen-bond donors (Lipinski definition) is 0. The van der Waals surface area contributed by atoms with Gasteiger partial charge in [-0.2, -0.15) is 0 Å². The molecule has 4 heteroatoms. The van der Waals surface area contributed by atoms with Gasteiger partial charge in [-0.05, 0) is 38.5 Å². The molecule has 2 aromatic carbocycles. The van der Waals surface area contributed by atoms with Gasteiger partial charge in [0.15, 0.2) is 6.23 Å². The molecule has 1 aliphatic heterocycles. The molecule has 23 heavy (non-hydrogen) atoms. The Hall–Kier alpha value is -2.49. The molecule has 1 aliphatic rings. The maximum absolute atomic E-state index is 12.6. The highest BCUT2D eigenvalue weighted by Gasteiger charge is 2.37. The lowest BCUT2D eigenvalue weighted by atomic mass is 10.1. The second-order valence-corrected chi connectivity index (χ2v) is 6.58. The zero-order valence-corrected chi connectivity index (χ0v) is 13.7. The summed E-state index contributed by atoms with van der Waals surface area (Å²) in [4.78, 5) is 14.3. The molecule has 3 rings (SSSR count). The van der Waals surface area contributed by atoms with Crippen LogP contribution in [0.2, 0.25) is 0 Å². The quantitative estimate of drug-likeness (QED) is 0.825. The number of carbonyl (C=O) groups excluding carboxylic acids is 1. The number of benzene rings is 2. The number of nitrogens with zero attached hydrogens (tertiary/aromatic N) is 1. The van der Waals surface area contributed by atoms with Crippen LogP contribution in [0, 0.1) is 0 Å². The number of hydrogen-bond acceptors (Lipinski definition) is 3. The van der Waals surface area contributed by atoms with Gasteiger partial charge in [-0.25, -0.2) is 9.69 Å². The highest BCUT2D eigenvalue weighted by atomic mass is 16.6. The molecule has 1 unspecified atom stereocenters. The van der Waals surface area contributed by atoms with Crippen molar-refractivity contribution >= 4 is 11.8 Å². The topological polar surface area (TPSA) is 38.8 Å². The van der Waals surface area contributed by atoms with Crippen LogP contribution in [0.3, 0.4) is 0 Å². The van der Waals surface area contributed by atoms with E-state index in [2.05, 4.69) is 0 Å². The SMILES string of the molecule is CC(C)(C)OC(=O)N1c2ccccc2OC1Cc1ccccc1. The maximum atomic E-state index is 12.6. The lowest BCUT2D eigenvalue weighted by molar-refractivity contribution is 0.0524. The molecule has 2 aromatic rings. The molecule has 0 aromatic heterocycles. The normalized spacial score (nSPS) is 16.7. The highest BCUT2D eigenvalue weighted by Crippen LogP contribution is 2.38. The van der Waals surface area contributed by atoms with E-state index in [1.807, 2.05) is 75.4 Å². The van der Waals surface area contributed by atoms with Crippen molar-refractivity contribution in [1.82, 2.24) is 0 Å². The molecule has 0 radical (unpaired) electrons. The third-order valence-electron chi connectivity index (χ3n) is 3.52. The van der Waals surface area contributed by atoms with E-state index < -0.39 is 11.8 Å². The Morgan fingerprint density at radius 1 is 1.09 bits per heavy atom. The predicted octanol–water partition coefficient (Wildman–Crippen LogP) is 4.39. The summed E-state index contributed by atoms with van der Waals surface area (Å²) in [7, 11) is 0. The maximum Gasteiger partial charge on any atom is 0.417 e. The van der Waals surface area contributed by atoms with Crippen LogP contribution in [0.25, 0.3) is 0 Å². The van der Waals surface area contributed by atoms with Crippen molar-refractivity contribution < 1.29 is 14.3 Å². The van der Waals surface area contributed by atoms with E-state index in [1.54, 1.807) is 4.90 Å². The Bertz CT molecular complexity index is 691. The number of anilines is 1. The Kier molecular flexibility index (Phi) is 3.99. The third kappa shape index (κ3) is 3.47. The molecule has 0 bridgehead atoms. The fourth-order valence-electron chi connectivity index (χ4n) is 2.59. The first-order valence-electron chi connectivity index (χ1n) is 7.76. The number of ether oxygens (including phenoxy) is 2. The Morgan fingerprint density at radius 3 is 2.43 bits per heavy atom. The molecule has 0 spiro atoms. The summed E-state index contributed by atoms with van der Waals surface area (Å²) in [6, 6.07) is 17.5. The molecular weight excluding hydrogens is 290 g/mol. The van der Waals surface area contributed by atoms with Gasteiger partial charge in [0.25, 0.3) is 0 Å². The van der Waals surface area contributed by atoms with Crippen LogP contribution in [-0.2, 0) is 11.2 Å². The number of rotatable bonds is 2. The van der Waals surface area contributed by atoms with Crippen LogP contribution in [0.4, 0.5) is 10.5 Å². The molecular formula is C19H21NO3. The van der Waals surface area contributed by atoms with Crippen LogP contribution < -0.4 is 9.64 Å². The third-order valence-corrected chi connectivity index (χ3v) is 3.52. The average Bonchev–Trinajstić information content (AvgIpc) is 2.84. The van der Waals surface area contributed by atoms with E-state index in [-0.39, 0.29) is 6.09 Å². The van der Waals surface area contributed by atoms with Gasteiger partial charge in [0.2, 0.25) is 0 Å². The minimum atomic E-state index is -0.550. The number of fused-ring (bicyclic) bond motifs is 1. The van der Waals surface area contributed by atoms with Gasteiger partial charge in [-0.1, -0.05) is 42.5 Å². The lowest BCUT2D eigenvalue weighted by Gasteiger charge is -2.27. The fourth-order valence-corrected chi connectivity index (χ4v) is 2.59. The lowest BCUT2D eigenvalue weighted by Crippen LogP contribution is -2.44. The molecule has 0 saturated carbocycles. The van der Waals surface area contributed by atoms with E-state index in [9.17, 15) is 4.79 Å². The van der Waals surface area contributed by atoms with Gasteiger partial charge in [-0.15, -0.1) is 0 Å². The minimum absolute atomic E-state index is 0.386. The first-order chi connectivity index (χ1) is 10.9. The molecule has 4 nitrogen and oxygen atoms in total. The molecule has 0 aliphatic carbocycles. The Labute approximate surface area is 136 Å². The van der Waals surface area contributed by atoms with Crippen molar-refractivity contribution in [1.29, 1.82) is 0 Å². The van der Waals surface area contributed by atoms with E-state index in [0.29, 0.717) is 12.2 Å². The number of carbonyl (C=O) groups is 1. The average molecular weight is 311 g/mol. The minimum Gasteiger partial charge on any atom is -0.467 e. The standard InChI is InChI=1S/C19H21NO3/c1-19(2,3)23-18(21)20-15-11-7-8-12-16(15)22-17(20)13-14-9-5-4-6-10-14/h4-12,17H,13H2,1-3H3. The number of amides is 1. The fraction of sp³-hybridized carbons (Fsp3) is 0.316. The summed E-state index contributed by atoms with van der Waals surface area (Å²) in [5.41, 5.74) is 1.31. The molecule has 120 valence electrons. The molecule has 1 heterocycles. The second-order valence-electron chi connectivity index (χ2n) is 6.58. The summed E-state index contributed by atoms with van der Waals surface area (Å²) in [5.74, 6) is 0.708. The Balaban J connectivity index is 1.88. The largest absolute Gasteiger partial charge is 0.467 e. The van der Waals surface area contributed by atoms with Crippen molar-refractivity contribution in [2.24, 2.45) is 0 Å². The van der Waals surface area contributed by atoms with Crippen LogP contribution >= 0.6 is 0 Å². The number of para-hydroxylation sites is 2. The van der Waals surface area contributed by atoms with Gasteiger partial charge in [0, 0.05) is 6.42 Å². The van der Waals surface area contributed by atoms with Crippen LogP contribution in [0.15, 0.2) is 54.6 Å². The summed E-state index contributed by atoms with van der Waals surface area (Å²) in [5, 5.41) is 0. The van der Waals surface area contributed by atoms with E-state index >= 15 is 0 Å². The van der Waals surface area contributed by atoms with Crippen molar-refractivity contribution in [3.63, 3.8) is 0 Å². The first kappa shape index (κ1) is 15.4. The van der Waals surface area contributed by atoms with Crippen molar-refractivity contribution in [3.8, 4) is 5.75 Å². The van der Waals surface area contributed by atoms with Gasteiger partial charge in [0.05, 0.1) is 5.69 Å². The molecule has 0 saturated heterocycles. The van der Waals surface area contributed by atoms with Crippen molar-refractivity contribution in [2.45, 2.75) is 39.0 Å². The van der Waals surface area contributed by atoms with Crippen LogP contribution in [0.5, 0.6) is 5.75 Å². The van der Waals surface area contributed by atoms with Gasteiger partial charge < -0.3 is 9.47 Å². The monoisotopic (exact) mass is 311 g/mol. The summed E-state index contributed by atoms with van der Waals surface area (Å²) >= 11 is 0. The van der Waals surface area contributed by atoms with Gasteiger partial charge in [0.1, 0.15) is 11.4 Å². The van der Waals surface area contributed by atoms with Crippen LogP contribution in [0.1, 0.15) is 26.3 Å². The zero-order chi connectivity index (χ0) is 16.4. The second kappa shape index (κ2) is 5.95. The summed E-state index contributed by atoms with van der Waals surface area (Å²) < 4.78 is 11.5. The van der Waals surface area contributed by atoms with Gasteiger partial charge >= 0.3 is 6.09 Å². The Morgan fingerprint density at radius 2 is 1.74 bits per heavy atom. The van der Waals surface area contributed by atoms with E-state index in [0.717, 1.165) is 11.3 Å². The van der Waals surface area contributed by atoms with E-state index in [4.69, 9.17) is 9.47 Å². The predicted molar refractivity (Wildman–Crippen MR) is 89.7 cm³/mol. The summed E-state index contributed by atoms with van der Waals surface area (Å²) in [6.07, 6.45) is -0.178. The van der Waals surface area contributed by atoms with Gasteiger partial charge in [-0.3, -0.25) is 0 Å². The van der Waals surface area contributed by atoms with Crippen molar-refractivity contribution in [3.05, 3.63) is 60.2 Å². The van der Waals surface area contributed by atoms with Crippen molar-refractivity contribution in [2.75, 3.05) is 4.90 Å². The van der Waals surface area contributed by atoms with Crippen LogP contribution in [-0.4, -0.2) is 17.9 Å². The van der Waals surface area contributed by atoms with E-state index in [1.165, 1.54) is 0 Å². The molecule has 0 fully saturated rings. The molecule has 0 N–H and O–H groups in total. The molecule has 1 atom stereocenters. The highest BCUT2D eigenvalue weighted by molar-refractivity contribution is 5.91. The summed E-state index contributed by atoms with van der Waals surface area (Å²) in [6.45, 7) is 5.58. The first-order valence-corrected chi connectivity index (χ1v) is 7.76. The molecule has 1 amide bonds. The smallest absolute Gasteiger partial charge is 0.417 e. The zero-order valence-electron chi connectivity index (χ0n) is 13.7.